The summed E-state index contributed by atoms with van der Waals surface area (Å²) in [5, 5.41) is 6.67. The molecule has 8 heteroatoms. The largest absolute Gasteiger partial charge is 0.477 e. The number of aromatic nitrogens is 2. The number of carbonyl (C=O) groups is 2. The van der Waals surface area contributed by atoms with Gasteiger partial charge >= 0.3 is 0 Å². The van der Waals surface area contributed by atoms with Crippen molar-refractivity contribution in [3.05, 3.63) is 83.9 Å². The third kappa shape index (κ3) is 3.47. The van der Waals surface area contributed by atoms with Crippen molar-refractivity contribution in [2.45, 2.75) is 6.10 Å². The second kappa shape index (κ2) is 7.73. The topological polar surface area (TPSA) is 90.5 Å². The van der Waals surface area contributed by atoms with Gasteiger partial charge in [-0.25, -0.2) is 4.68 Å². The third-order valence-electron chi connectivity index (χ3n) is 5.04. The lowest BCUT2D eigenvalue weighted by Gasteiger charge is -2.33. The van der Waals surface area contributed by atoms with Crippen LogP contribution in [-0.2, 0) is 4.79 Å². The zero-order chi connectivity index (χ0) is 21.4. The van der Waals surface area contributed by atoms with Crippen LogP contribution in [0.1, 0.15) is 10.5 Å². The molecule has 1 unspecified atom stereocenters. The average Bonchev–Trinajstić information content (AvgIpc) is 3.48. The number of nitrogens with two attached hydrogens (primary N) is 1. The van der Waals surface area contributed by atoms with Crippen LogP contribution in [0.4, 0.5) is 5.69 Å². The molecule has 3 heterocycles. The predicted octanol–water partition coefficient (Wildman–Crippen LogP) is 3.49. The highest BCUT2D eigenvalue weighted by Crippen LogP contribution is 2.35. The number of fused-ring (bicyclic) bond motifs is 1. The van der Waals surface area contributed by atoms with Crippen molar-refractivity contribution in [1.82, 2.24) is 9.78 Å². The Labute approximate surface area is 182 Å². The first kappa shape index (κ1) is 19.1. The molecule has 1 aliphatic heterocycles. The Kier molecular flexibility index (Phi) is 4.76. The van der Waals surface area contributed by atoms with Crippen molar-refractivity contribution in [2.24, 2.45) is 5.73 Å². The Morgan fingerprint density at radius 2 is 1.81 bits per heavy atom. The van der Waals surface area contributed by atoms with E-state index in [-0.39, 0.29) is 12.5 Å². The Bertz CT molecular complexity index is 1250. The number of nitrogens with zero attached hydrogens (tertiary/aromatic N) is 3. The number of hydrogen-bond acceptors (Lipinski definition) is 5. The van der Waals surface area contributed by atoms with Gasteiger partial charge in [0.2, 0.25) is 0 Å². The first-order valence-corrected chi connectivity index (χ1v) is 10.6. The number of primary amides is 1. The molecule has 31 heavy (non-hydrogen) atoms. The Balaban J connectivity index is 1.63. The lowest BCUT2D eigenvalue weighted by molar-refractivity contribution is -0.124. The van der Waals surface area contributed by atoms with E-state index in [1.54, 1.807) is 40.3 Å². The second-order valence-electron chi connectivity index (χ2n) is 7.03. The SMILES string of the molecule is NC(=O)C1CN(C(=O)c2cc(-c3cccs3)nn2-c2ccccc2)c2ccccc2O1. The monoisotopic (exact) mass is 430 g/mol. The number of rotatable bonds is 4. The van der Waals surface area contributed by atoms with Gasteiger partial charge in [0, 0.05) is 0 Å². The first-order chi connectivity index (χ1) is 15.1. The van der Waals surface area contributed by atoms with Crippen LogP contribution in [-0.4, -0.2) is 34.2 Å². The summed E-state index contributed by atoms with van der Waals surface area (Å²) in [6.07, 6.45) is -0.927. The van der Waals surface area contributed by atoms with Gasteiger partial charge in [-0.1, -0.05) is 36.4 Å². The van der Waals surface area contributed by atoms with Crippen LogP contribution in [0.5, 0.6) is 5.75 Å². The molecule has 0 spiro atoms. The van der Waals surface area contributed by atoms with E-state index >= 15 is 0 Å². The van der Waals surface area contributed by atoms with Crippen LogP contribution >= 0.6 is 11.3 Å². The number of hydrogen-bond donors (Lipinski definition) is 1. The summed E-state index contributed by atoms with van der Waals surface area (Å²) in [5.74, 6) is -0.473. The van der Waals surface area contributed by atoms with Crippen LogP contribution in [0.3, 0.4) is 0 Å². The minimum absolute atomic E-state index is 0.0273. The first-order valence-electron chi connectivity index (χ1n) is 9.68. The fourth-order valence-electron chi connectivity index (χ4n) is 3.56. The quantitative estimate of drug-likeness (QED) is 0.537. The van der Waals surface area contributed by atoms with Crippen molar-refractivity contribution in [3.8, 4) is 22.0 Å². The number of ether oxygens (including phenoxy) is 1. The van der Waals surface area contributed by atoms with E-state index in [1.807, 2.05) is 53.9 Å². The van der Waals surface area contributed by atoms with E-state index < -0.39 is 12.0 Å². The molecule has 0 fully saturated rings. The molecule has 5 rings (SSSR count). The number of amides is 2. The maximum absolute atomic E-state index is 13.8. The molecule has 7 nitrogen and oxygen atoms in total. The van der Waals surface area contributed by atoms with E-state index in [0.29, 0.717) is 22.8 Å². The van der Waals surface area contributed by atoms with E-state index in [0.717, 1.165) is 10.6 Å². The van der Waals surface area contributed by atoms with Gasteiger partial charge in [-0.15, -0.1) is 11.3 Å². The zero-order valence-corrected chi connectivity index (χ0v) is 17.2. The summed E-state index contributed by atoms with van der Waals surface area (Å²) in [5.41, 5.74) is 7.94. The van der Waals surface area contributed by atoms with Crippen LogP contribution in [0.25, 0.3) is 16.3 Å². The molecule has 2 N–H and O–H groups in total. The molecule has 0 aliphatic carbocycles. The van der Waals surface area contributed by atoms with Gasteiger partial charge in [0.05, 0.1) is 22.8 Å². The van der Waals surface area contributed by atoms with E-state index in [4.69, 9.17) is 15.6 Å². The van der Waals surface area contributed by atoms with Crippen LogP contribution < -0.4 is 15.4 Å². The molecular weight excluding hydrogens is 412 g/mol. The molecule has 4 aromatic rings. The number of carbonyl (C=O) groups excluding carboxylic acids is 2. The van der Waals surface area contributed by atoms with Crippen molar-refractivity contribution in [2.75, 3.05) is 11.4 Å². The summed E-state index contributed by atoms with van der Waals surface area (Å²) in [7, 11) is 0. The minimum Gasteiger partial charge on any atom is -0.477 e. The highest BCUT2D eigenvalue weighted by Gasteiger charge is 2.34. The van der Waals surface area contributed by atoms with Gasteiger partial charge in [0.25, 0.3) is 11.8 Å². The van der Waals surface area contributed by atoms with E-state index in [2.05, 4.69) is 0 Å². The molecule has 1 aliphatic rings. The molecule has 0 radical (unpaired) electrons. The van der Waals surface area contributed by atoms with Crippen LogP contribution in [0.15, 0.2) is 78.2 Å². The summed E-state index contributed by atoms with van der Waals surface area (Å²) in [6, 6.07) is 22.3. The lowest BCUT2D eigenvalue weighted by atomic mass is 10.1. The van der Waals surface area contributed by atoms with Gasteiger partial charge in [-0.2, -0.15) is 5.10 Å². The highest BCUT2D eigenvalue weighted by molar-refractivity contribution is 7.13. The second-order valence-corrected chi connectivity index (χ2v) is 7.98. The Hall–Kier alpha value is -3.91. The third-order valence-corrected chi connectivity index (χ3v) is 5.93. The molecule has 2 aromatic heterocycles. The van der Waals surface area contributed by atoms with Gasteiger partial charge in [-0.3, -0.25) is 14.5 Å². The molecule has 154 valence electrons. The molecule has 0 bridgehead atoms. The lowest BCUT2D eigenvalue weighted by Crippen LogP contribution is -2.49. The van der Waals surface area contributed by atoms with Crippen LogP contribution in [0, 0.1) is 0 Å². The fourth-order valence-corrected chi connectivity index (χ4v) is 4.24. The standard InChI is InChI=1S/C23H18N4O3S/c24-22(28)20-14-26(17-9-4-5-10-19(17)30-20)23(29)18-13-16(21-11-6-12-31-21)25-27(18)15-7-2-1-3-8-15/h1-13,20H,14H2,(H2,24,28). The van der Waals surface area contributed by atoms with Gasteiger partial charge in [-0.05, 0) is 41.8 Å². The van der Waals surface area contributed by atoms with Gasteiger partial charge in [0.15, 0.2) is 6.10 Å². The zero-order valence-electron chi connectivity index (χ0n) is 16.3. The number of benzene rings is 2. The fraction of sp³-hybridized carbons (Fsp3) is 0.0870. The molecular formula is C23H18N4O3S. The van der Waals surface area contributed by atoms with E-state index in [1.165, 1.54) is 4.90 Å². The maximum atomic E-state index is 13.8. The van der Waals surface area contributed by atoms with Crippen molar-refractivity contribution in [3.63, 3.8) is 0 Å². The molecule has 2 aromatic carbocycles. The molecule has 0 saturated heterocycles. The Morgan fingerprint density at radius 1 is 1.03 bits per heavy atom. The summed E-state index contributed by atoms with van der Waals surface area (Å²) < 4.78 is 7.33. The number of anilines is 1. The minimum atomic E-state index is -0.927. The Morgan fingerprint density at radius 3 is 2.55 bits per heavy atom. The van der Waals surface area contributed by atoms with Crippen molar-refractivity contribution >= 4 is 28.8 Å². The van der Waals surface area contributed by atoms with Gasteiger partial charge in [0.1, 0.15) is 17.1 Å². The molecule has 2 amide bonds. The summed E-state index contributed by atoms with van der Waals surface area (Å²) >= 11 is 1.55. The normalized spacial score (nSPS) is 15.2. The number of thiophene rings is 1. The van der Waals surface area contributed by atoms with E-state index in [9.17, 15) is 9.59 Å². The summed E-state index contributed by atoms with van der Waals surface area (Å²) in [4.78, 5) is 28.1. The van der Waals surface area contributed by atoms with Crippen molar-refractivity contribution < 1.29 is 14.3 Å². The number of para-hydroxylation sites is 3. The maximum Gasteiger partial charge on any atom is 0.277 e. The predicted molar refractivity (Wildman–Crippen MR) is 119 cm³/mol. The highest BCUT2D eigenvalue weighted by atomic mass is 32.1. The van der Waals surface area contributed by atoms with Crippen molar-refractivity contribution in [1.29, 1.82) is 0 Å². The summed E-state index contributed by atoms with van der Waals surface area (Å²) in [6.45, 7) is 0.0273. The van der Waals surface area contributed by atoms with Crippen LogP contribution in [0.2, 0.25) is 0 Å². The molecule has 1 atom stereocenters. The smallest absolute Gasteiger partial charge is 0.277 e. The van der Waals surface area contributed by atoms with Gasteiger partial charge < -0.3 is 10.5 Å². The average molecular weight is 430 g/mol. The molecule has 0 saturated carbocycles.